The van der Waals surface area contributed by atoms with Crippen LogP contribution in [0.5, 0.6) is 5.75 Å². The van der Waals surface area contributed by atoms with Crippen molar-refractivity contribution in [2.75, 3.05) is 6.61 Å². The van der Waals surface area contributed by atoms with Gasteiger partial charge in [0.2, 0.25) is 0 Å². The summed E-state index contributed by atoms with van der Waals surface area (Å²) >= 11 is 1.56. The van der Waals surface area contributed by atoms with Crippen molar-refractivity contribution in [3.05, 3.63) is 86.8 Å². The Bertz CT molecular complexity index is 1340. The molecule has 2 aromatic carbocycles. The molecule has 0 saturated carbocycles. The van der Waals surface area contributed by atoms with Crippen molar-refractivity contribution in [1.29, 1.82) is 0 Å². The molecule has 4 aromatic rings. The highest BCUT2D eigenvalue weighted by molar-refractivity contribution is 7.98. The lowest BCUT2D eigenvalue weighted by Gasteiger charge is -2.15. The molecule has 172 valence electrons. The van der Waals surface area contributed by atoms with Crippen LogP contribution in [0.15, 0.2) is 69.1 Å². The zero-order chi connectivity index (χ0) is 23.4. The minimum atomic E-state index is -0.884. The first-order chi connectivity index (χ1) is 16.0. The van der Waals surface area contributed by atoms with Gasteiger partial charge in [-0.1, -0.05) is 37.3 Å². The minimum absolute atomic E-state index is 0.0556. The zero-order valence-corrected chi connectivity index (χ0v) is 19.3. The molecular weight excluding hydrogens is 440 g/mol. The molecule has 8 nitrogen and oxygen atoms in total. The maximum atomic E-state index is 12.6. The highest BCUT2D eigenvalue weighted by Crippen LogP contribution is 2.24. The summed E-state index contributed by atoms with van der Waals surface area (Å²) in [6.07, 6.45) is 0.0580. The molecule has 9 heteroatoms. The van der Waals surface area contributed by atoms with E-state index in [2.05, 4.69) is 16.9 Å². The number of aromatic nitrogens is 4. The maximum Gasteiger partial charge on any atom is 0.329 e. The number of rotatable bonds is 9. The lowest BCUT2D eigenvalue weighted by molar-refractivity contribution is 0.0928. The van der Waals surface area contributed by atoms with Crippen LogP contribution in [0.25, 0.3) is 11.2 Å². The number of aliphatic hydroxyl groups is 1. The van der Waals surface area contributed by atoms with Gasteiger partial charge >= 0.3 is 5.69 Å². The number of H-pyrrole nitrogens is 1. The van der Waals surface area contributed by atoms with Gasteiger partial charge in [-0.2, -0.15) is 0 Å². The summed E-state index contributed by atoms with van der Waals surface area (Å²) in [5.41, 5.74) is 0.694. The van der Waals surface area contributed by atoms with E-state index in [1.807, 2.05) is 54.6 Å². The molecule has 2 N–H and O–H groups in total. The Morgan fingerprint density at radius 2 is 1.85 bits per heavy atom. The number of fused-ring (bicyclic) bond motifs is 1. The number of ether oxygens (including phenoxy) is 1. The van der Waals surface area contributed by atoms with E-state index in [0.29, 0.717) is 17.3 Å². The largest absolute Gasteiger partial charge is 0.491 e. The lowest BCUT2D eigenvalue weighted by atomic mass is 10.2. The standard InChI is InChI=1S/C24H26N4O4S/c1-3-16-9-11-18(12-10-16)32-14-17(29)13-28-20(15-33-19-7-5-4-6-8-19)25-22-21(28)23(30)26-24(31)27(22)2/h4-12,17,29H,3,13-15H2,1-2H3,(H,26,30,31). The number of nitrogens with zero attached hydrogens (tertiary/aromatic N) is 3. The normalized spacial score (nSPS) is 12.2. The monoisotopic (exact) mass is 466 g/mol. The Labute approximate surface area is 194 Å². The molecular formula is C24H26N4O4S. The van der Waals surface area contributed by atoms with E-state index in [1.165, 1.54) is 10.1 Å². The van der Waals surface area contributed by atoms with Crippen LogP contribution in [0.4, 0.5) is 0 Å². The Morgan fingerprint density at radius 3 is 2.55 bits per heavy atom. The lowest BCUT2D eigenvalue weighted by Crippen LogP contribution is -2.31. The molecule has 0 saturated heterocycles. The van der Waals surface area contributed by atoms with Gasteiger partial charge in [-0.15, -0.1) is 11.8 Å². The molecule has 1 unspecified atom stereocenters. The summed E-state index contributed by atoms with van der Waals surface area (Å²) in [6, 6.07) is 17.6. The van der Waals surface area contributed by atoms with Crippen LogP contribution >= 0.6 is 11.8 Å². The molecule has 2 aromatic heterocycles. The second-order valence-corrected chi connectivity index (χ2v) is 8.74. The quantitative estimate of drug-likeness (QED) is 0.368. The fraction of sp³-hybridized carbons (Fsp3) is 0.292. The number of imidazole rings is 1. The molecule has 0 fully saturated rings. The number of hydrogen-bond acceptors (Lipinski definition) is 6. The summed E-state index contributed by atoms with van der Waals surface area (Å²) in [7, 11) is 1.56. The van der Waals surface area contributed by atoms with E-state index >= 15 is 0 Å². The van der Waals surface area contributed by atoms with Crippen molar-refractivity contribution in [3.63, 3.8) is 0 Å². The molecule has 0 bridgehead atoms. The SMILES string of the molecule is CCc1ccc(OCC(O)Cn2c(CSc3ccccc3)nc3c2c(=O)[nH]c(=O)n3C)cc1. The van der Waals surface area contributed by atoms with E-state index in [0.717, 1.165) is 11.3 Å². The number of nitrogens with one attached hydrogen (secondary N) is 1. The van der Waals surface area contributed by atoms with Gasteiger partial charge in [-0.3, -0.25) is 14.3 Å². The van der Waals surface area contributed by atoms with Crippen LogP contribution < -0.4 is 16.0 Å². The molecule has 0 spiro atoms. The topological polar surface area (TPSA) is 102 Å². The average Bonchev–Trinajstić information content (AvgIpc) is 3.19. The van der Waals surface area contributed by atoms with Gasteiger partial charge in [0.05, 0.1) is 12.3 Å². The van der Waals surface area contributed by atoms with Crippen LogP contribution in [0.2, 0.25) is 0 Å². The van der Waals surface area contributed by atoms with Crippen LogP contribution in [0.3, 0.4) is 0 Å². The van der Waals surface area contributed by atoms with Crippen LogP contribution in [0.1, 0.15) is 18.3 Å². The summed E-state index contributed by atoms with van der Waals surface area (Å²) < 4.78 is 8.73. The van der Waals surface area contributed by atoms with Gasteiger partial charge in [0.25, 0.3) is 5.56 Å². The zero-order valence-electron chi connectivity index (χ0n) is 18.5. The average molecular weight is 467 g/mol. The van der Waals surface area contributed by atoms with E-state index < -0.39 is 17.4 Å². The molecule has 4 rings (SSSR count). The van der Waals surface area contributed by atoms with E-state index in [1.54, 1.807) is 23.4 Å². The molecule has 1 atom stereocenters. The third-order valence-corrected chi connectivity index (χ3v) is 6.37. The van der Waals surface area contributed by atoms with Crippen LogP contribution in [-0.2, 0) is 25.8 Å². The third kappa shape index (κ3) is 5.20. The van der Waals surface area contributed by atoms with Gasteiger partial charge in [0.1, 0.15) is 24.3 Å². The van der Waals surface area contributed by atoms with Crippen molar-refractivity contribution in [2.24, 2.45) is 7.05 Å². The fourth-order valence-electron chi connectivity index (χ4n) is 3.53. The number of aromatic amines is 1. The number of aryl methyl sites for hydroxylation is 2. The van der Waals surface area contributed by atoms with Gasteiger partial charge < -0.3 is 14.4 Å². The predicted octanol–water partition coefficient (Wildman–Crippen LogP) is 2.72. The van der Waals surface area contributed by atoms with Crippen LogP contribution in [-0.4, -0.2) is 36.9 Å². The number of hydrogen-bond donors (Lipinski definition) is 2. The number of aliphatic hydroxyl groups excluding tert-OH is 1. The van der Waals surface area contributed by atoms with Crippen molar-refractivity contribution in [3.8, 4) is 5.75 Å². The van der Waals surface area contributed by atoms with Crippen molar-refractivity contribution in [2.45, 2.75) is 36.6 Å². The first kappa shape index (κ1) is 22.9. The highest BCUT2D eigenvalue weighted by atomic mass is 32.2. The van der Waals surface area contributed by atoms with E-state index in [4.69, 9.17) is 4.74 Å². The minimum Gasteiger partial charge on any atom is -0.491 e. The van der Waals surface area contributed by atoms with Crippen molar-refractivity contribution < 1.29 is 9.84 Å². The molecule has 33 heavy (non-hydrogen) atoms. The van der Waals surface area contributed by atoms with Gasteiger partial charge in [-0.25, -0.2) is 9.78 Å². The molecule has 0 aliphatic carbocycles. The first-order valence-electron chi connectivity index (χ1n) is 10.7. The molecule has 0 aliphatic heterocycles. The van der Waals surface area contributed by atoms with Gasteiger partial charge in [-0.05, 0) is 36.2 Å². The third-order valence-electron chi connectivity index (χ3n) is 5.36. The molecule has 0 amide bonds. The summed E-state index contributed by atoms with van der Waals surface area (Å²) in [5.74, 6) is 1.73. The Morgan fingerprint density at radius 1 is 1.12 bits per heavy atom. The number of benzene rings is 2. The summed E-state index contributed by atoms with van der Waals surface area (Å²) in [6.45, 7) is 2.25. The summed E-state index contributed by atoms with van der Waals surface area (Å²) in [4.78, 5) is 32.6. The highest BCUT2D eigenvalue weighted by Gasteiger charge is 2.20. The summed E-state index contributed by atoms with van der Waals surface area (Å²) in [5, 5.41) is 10.7. The second kappa shape index (κ2) is 10.1. The predicted molar refractivity (Wildman–Crippen MR) is 129 cm³/mol. The maximum absolute atomic E-state index is 12.6. The van der Waals surface area contributed by atoms with Crippen molar-refractivity contribution >= 4 is 22.9 Å². The van der Waals surface area contributed by atoms with Crippen molar-refractivity contribution in [1.82, 2.24) is 19.1 Å². The van der Waals surface area contributed by atoms with Gasteiger partial charge in [0.15, 0.2) is 11.2 Å². The Balaban J connectivity index is 1.58. The second-order valence-electron chi connectivity index (χ2n) is 7.69. The van der Waals surface area contributed by atoms with E-state index in [-0.39, 0.29) is 24.3 Å². The first-order valence-corrected chi connectivity index (χ1v) is 11.7. The molecule has 0 aliphatic rings. The Kier molecular flexibility index (Phi) is 7.00. The fourth-order valence-corrected chi connectivity index (χ4v) is 4.39. The molecule has 2 heterocycles. The number of thioether (sulfide) groups is 1. The van der Waals surface area contributed by atoms with E-state index in [9.17, 15) is 14.7 Å². The van der Waals surface area contributed by atoms with Crippen LogP contribution in [0, 0.1) is 0 Å². The smallest absolute Gasteiger partial charge is 0.329 e. The Hall–Kier alpha value is -3.30. The van der Waals surface area contributed by atoms with Gasteiger partial charge in [0, 0.05) is 11.9 Å². The molecule has 0 radical (unpaired) electrons.